The predicted molar refractivity (Wildman–Crippen MR) is 188 cm³/mol. The number of para-hydroxylation sites is 2. The number of hydrogen-bond acceptors (Lipinski definition) is 1. The van der Waals surface area contributed by atoms with Crippen molar-refractivity contribution in [3.63, 3.8) is 0 Å². The average molecular weight is 604 g/mol. The van der Waals surface area contributed by atoms with Gasteiger partial charge in [0.15, 0.2) is 29.9 Å². The second kappa shape index (κ2) is 8.97. The fourth-order valence-corrected chi connectivity index (χ4v) is 8.39. The SMILES string of the molecule is Cc1cccc2c3c(C(C)(C)C)ccc4c3c3n(c5cccc(c5[n+]3C)-c3cc(C(C)(C)C)cc5c3C(C[n+]3ccccc3-5)O4)c12. The van der Waals surface area contributed by atoms with Crippen molar-refractivity contribution in [2.24, 2.45) is 7.05 Å². The highest BCUT2D eigenvalue weighted by molar-refractivity contribution is 6.17. The number of nitrogens with zero attached hydrogens (tertiary/aromatic N) is 3. The third-order valence-electron chi connectivity index (χ3n) is 10.6. The van der Waals surface area contributed by atoms with E-state index in [-0.39, 0.29) is 16.9 Å². The molecule has 0 saturated carbocycles. The molecule has 5 heterocycles. The number of benzene rings is 4. The van der Waals surface area contributed by atoms with Crippen LogP contribution in [0.1, 0.15) is 69.9 Å². The highest BCUT2D eigenvalue weighted by Gasteiger charge is 2.40. The van der Waals surface area contributed by atoms with Gasteiger partial charge in [-0.2, -0.15) is 8.97 Å². The molecule has 0 N–H and O–H groups in total. The molecule has 46 heavy (non-hydrogen) atoms. The molecule has 0 saturated heterocycles. The Hall–Kier alpha value is -4.70. The Kier molecular flexibility index (Phi) is 5.38. The van der Waals surface area contributed by atoms with Crippen molar-refractivity contribution < 1.29 is 13.9 Å². The summed E-state index contributed by atoms with van der Waals surface area (Å²) in [6.45, 7) is 16.9. The van der Waals surface area contributed by atoms with E-state index in [9.17, 15) is 0 Å². The van der Waals surface area contributed by atoms with E-state index in [1.165, 1.54) is 83.0 Å². The van der Waals surface area contributed by atoms with Crippen molar-refractivity contribution in [2.45, 2.75) is 71.9 Å². The quantitative estimate of drug-likeness (QED) is 0.125. The van der Waals surface area contributed by atoms with E-state index in [1.807, 2.05) is 0 Å². The molecule has 4 nitrogen and oxygen atoms in total. The summed E-state index contributed by atoms with van der Waals surface area (Å²) in [6.07, 6.45) is 2.05. The summed E-state index contributed by atoms with van der Waals surface area (Å²) >= 11 is 0. The predicted octanol–water partition coefficient (Wildman–Crippen LogP) is 9.20. The van der Waals surface area contributed by atoms with Gasteiger partial charge in [-0.25, -0.2) is 4.57 Å². The molecule has 0 spiro atoms. The molecule has 7 aromatic rings. The molecule has 3 aromatic heterocycles. The zero-order chi connectivity index (χ0) is 31.9. The maximum Gasteiger partial charge on any atom is 0.299 e. The van der Waals surface area contributed by atoms with Gasteiger partial charge in [-0.3, -0.25) is 0 Å². The van der Waals surface area contributed by atoms with Gasteiger partial charge in [0.25, 0.3) is 5.65 Å². The summed E-state index contributed by atoms with van der Waals surface area (Å²) in [6, 6.07) is 29.7. The molecular weight excluding hydrogens is 562 g/mol. The van der Waals surface area contributed by atoms with Crippen molar-refractivity contribution in [3.8, 4) is 28.1 Å². The molecule has 1 unspecified atom stereocenters. The number of imidazole rings is 1. The fourth-order valence-electron chi connectivity index (χ4n) is 8.39. The van der Waals surface area contributed by atoms with Gasteiger partial charge in [-0.05, 0) is 76.4 Å². The van der Waals surface area contributed by atoms with E-state index in [4.69, 9.17) is 4.74 Å². The van der Waals surface area contributed by atoms with E-state index in [0.717, 1.165) is 12.3 Å². The highest BCUT2D eigenvalue weighted by atomic mass is 16.5. The number of aromatic nitrogens is 3. The third kappa shape index (κ3) is 3.56. The lowest BCUT2D eigenvalue weighted by atomic mass is 9.79. The largest absolute Gasteiger partial charge is 0.478 e. The van der Waals surface area contributed by atoms with Crippen LogP contribution in [-0.4, -0.2) is 4.40 Å². The van der Waals surface area contributed by atoms with E-state index >= 15 is 0 Å². The first-order chi connectivity index (χ1) is 21.9. The first kappa shape index (κ1) is 27.6. The molecule has 0 amide bonds. The van der Waals surface area contributed by atoms with Crippen LogP contribution in [0.2, 0.25) is 0 Å². The lowest BCUT2D eigenvalue weighted by Crippen LogP contribution is -2.44. The highest BCUT2D eigenvalue weighted by Crippen LogP contribution is 2.49. The number of ether oxygens (including phenoxy) is 1. The van der Waals surface area contributed by atoms with Crippen LogP contribution in [0.3, 0.4) is 0 Å². The van der Waals surface area contributed by atoms with Crippen molar-refractivity contribution >= 4 is 38.4 Å². The maximum atomic E-state index is 7.42. The molecule has 9 rings (SSSR count). The molecule has 0 fully saturated rings. The lowest BCUT2D eigenvalue weighted by molar-refractivity contribution is -0.695. The number of aryl methyl sites for hydroxylation is 2. The molecule has 4 aromatic carbocycles. The first-order valence-corrected chi connectivity index (χ1v) is 16.6. The van der Waals surface area contributed by atoms with Gasteiger partial charge in [0, 0.05) is 34.0 Å². The van der Waals surface area contributed by atoms with Crippen LogP contribution < -0.4 is 13.9 Å². The van der Waals surface area contributed by atoms with E-state index in [0.29, 0.717) is 0 Å². The zero-order valence-electron chi connectivity index (χ0n) is 28.1. The minimum absolute atomic E-state index is 0.0226. The molecule has 1 atom stereocenters. The van der Waals surface area contributed by atoms with Crippen LogP contribution in [0.25, 0.3) is 60.7 Å². The summed E-state index contributed by atoms with van der Waals surface area (Å²) in [7, 11) is 2.25. The molecule has 2 aliphatic heterocycles. The van der Waals surface area contributed by atoms with E-state index in [2.05, 4.69) is 154 Å². The molecular formula is C42H41N3O+2. The normalized spacial score (nSPS) is 15.7. The van der Waals surface area contributed by atoms with Gasteiger partial charge >= 0.3 is 0 Å². The summed E-state index contributed by atoms with van der Waals surface area (Å²) in [5.41, 5.74) is 15.1. The Morgan fingerprint density at radius 3 is 2.35 bits per heavy atom. The van der Waals surface area contributed by atoms with Gasteiger partial charge in [0.05, 0.1) is 12.6 Å². The molecule has 228 valence electrons. The number of rotatable bonds is 0. The average Bonchev–Trinajstić information content (AvgIpc) is 3.31. The second-order valence-corrected chi connectivity index (χ2v) is 15.6. The van der Waals surface area contributed by atoms with Crippen LogP contribution in [-0.2, 0) is 24.4 Å². The minimum atomic E-state index is -0.157. The Morgan fingerprint density at radius 1 is 0.783 bits per heavy atom. The Morgan fingerprint density at radius 2 is 1.57 bits per heavy atom. The zero-order valence-corrected chi connectivity index (χ0v) is 28.1. The van der Waals surface area contributed by atoms with Crippen molar-refractivity contribution in [2.75, 3.05) is 0 Å². The number of hydrogen-bond donors (Lipinski definition) is 0. The van der Waals surface area contributed by atoms with Crippen molar-refractivity contribution in [3.05, 3.63) is 107 Å². The standard InChI is InChI=1S/C42H41N3O/c1-24-13-11-15-27-36-30(42(5,6)7)18-19-33-37(36)40-43(8)39-26(14-12-17-32(39)45(40)38(24)27)28-21-25(41(2,3)4)22-29-31-16-9-10-20-44(31)23-34(46-33)35(28)29/h9-22,34H,23H2,1-8H3/q+2. The maximum absolute atomic E-state index is 7.42. The smallest absolute Gasteiger partial charge is 0.299 e. The summed E-state index contributed by atoms with van der Waals surface area (Å²) in [4.78, 5) is 0. The van der Waals surface area contributed by atoms with Crippen LogP contribution >= 0.6 is 0 Å². The third-order valence-corrected chi connectivity index (χ3v) is 10.6. The van der Waals surface area contributed by atoms with Crippen LogP contribution in [0.4, 0.5) is 0 Å². The Balaban J connectivity index is 1.58. The number of fused-ring (bicyclic) bond motifs is 7. The van der Waals surface area contributed by atoms with Gasteiger partial charge in [0.1, 0.15) is 16.7 Å². The number of pyridine rings is 2. The van der Waals surface area contributed by atoms with E-state index in [1.54, 1.807) is 0 Å². The minimum Gasteiger partial charge on any atom is -0.478 e. The second-order valence-electron chi connectivity index (χ2n) is 15.6. The van der Waals surface area contributed by atoms with Crippen molar-refractivity contribution in [1.29, 1.82) is 0 Å². The van der Waals surface area contributed by atoms with Gasteiger partial charge in [-0.1, -0.05) is 71.9 Å². The Labute approximate surface area is 270 Å². The lowest BCUT2D eigenvalue weighted by Gasteiger charge is -2.30. The molecule has 0 radical (unpaired) electrons. The van der Waals surface area contributed by atoms with Gasteiger partial charge in [-0.15, -0.1) is 0 Å². The summed E-state index contributed by atoms with van der Waals surface area (Å²) in [5.74, 6) is 0.944. The monoisotopic (exact) mass is 603 g/mol. The molecule has 2 bridgehead atoms. The van der Waals surface area contributed by atoms with Crippen LogP contribution in [0.15, 0.2) is 85.1 Å². The van der Waals surface area contributed by atoms with E-state index < -0.39 is 0 Å². The molecule has 4 heteroatoms. The van der Waals surface area contributed by atoms with Crippen LogP contribution in [0, 0.1) is 6.92 Å². The summed E-state index contributed by atoms with van der Waals surface area (Å²) in [5, 5.41) is 3.76. The Bertz CT molecular complexity index is 2470. The molecule has 2 aliphatic rings. The van der Waals surface area contributed by atoms with Crippen LogP contribution in [0.5, 0.6) is 5.75 Å². The topological polar surface area (TPSA) is 21.4 Å². The fraction of sp³-hybridized carbons (Fsp3) is 0.286. The van der Waals surface area contributed by atoms with Gasteiger partial charge < -0.3 is 4.74 Å². The first-order valence-electron chi connectivity index (χ1n) is 16.6. The molecule has 0 aliphatic carbocycles. The van der Waals surface area contributed by atoms with Crippen molar-refractivity contribution in [1.82, 2.24) is 4.40 Å². The summed E-state index contributed by atoms with van der Waals surface area (Å²) < 4.78 is 14.8. The van der Waals surface area contributed by atoms with Gasteiger partial charge in [0.2, 0.25) is 5.69 Å².